The standard InChI is InChI=1S/C23H22F3N3O2/c1-15-9-5-8-14-18(15)20(30)28-22(23(24,25)26)21(31)29(17-12-6-7-13-17)19(27-22)16-10-3-2-4-11-16/h2-5,8-11,14,17H,6-7,12-13H2,1H3,(H,28,30)/t22-/m0/s1. The smallest absolute Gasteiger partial charge is 0.312 e. The summed E-state index contributed by atoms with van der Waals surface area (Å²) in [5, 5.41) is 1.95. The number of carbonyl (C=O) groups excluding carboxylic acids is 2. The number of benzene rings is 2. The Balaban J connectivity index is 1.82. The number of alkyl halides is 3. The molecular weight excluding hydrogens is 407 g/mol. The zero-order valence-electron chi connectivity index (χ0n) is 16.9. The first-order valence-corrected chi connectivity index (χ1v) is 10.2. The lowest BCUT2D eigenvalue weighted by Gasteiger charge is -2.31. The van der Waals surface area contributed by atoms with Crippen molar-refractivity contribution in [3.8, 4) is 0 Å². The van der Waals surface area contributed by atoms with Gasteiger partial charge in [-0.3, -0.25) is 14.5 Å². The van der Waals surface area contributed by atoms with Crippen LogP contribution in [0.5, 0.6) is 0 Å². The van der Waals surface area contributed by atoms with Gasteiger partial charge in [0.2, 0.25) is 0 Å². The van der Waals surface area contributed by atoms with Crippen LogP contribution in [0.3, 0.4) is 0 Å². The molecule has 4 rings (SSSR count). The zero-order valence-corrected chi connectivity index (χ0v) is 16.9. The first-order chi connectivity index (χ1) is 14.7. The zero-order chi connectivity index (χ0) is 22.2. The van der Waals surface area contributed by atoms with Crippen molar-refractivity contribution in [3.63, 3.8) is 0 Å². The number of amidine groups is 1. The summed E-state index contributed by atoms with van der Waals surface area (Å²) >= 11 is 0. The molecule has 1 fully saturated rings. The average molecular weight is 429 g/mol. The Labute approximate surface area is 178 Å². The van der Waals surface area contributed by atoms with E-state index in [0.717, 1.165) is 17.7 Å². The molecule has 5 nitrogen and oxygen atoms in total. The highest BCUT2D eigenvalue weighted by molar-refractivity contribution is 6.17. The van der Waals surface area contributed by atoms with Gasteiger partial charge >= 0.3 is 11.8 Å². The molecule has 1 aliphatic heterocycles. The van der Waals surface area contributed by atoms with E-state index in [1.54, 1.807) is 55.5 Å². The molecule has 1 saturated carbocycles. The summed E-state index contributed by atoms with van der Waals surface area (Å²) in [7, 11) is 0. The van der Waals surface area contributed by atoms with Crippen LogP contribution in [0.15, 0.2) is 59.6 Å². The van der Waals surface area contributed by atoms with Crippen LogP contribution >= 0.6 is 0 Å². The fourth-order valence-electron chi connectivity index (χ4n) is 4.22. The largest absolute Gasteiger partial charge is 0.442 e. The summed E-state index contributed by atoms with van der Waals surface area (Å²) < 4.78 is 43.3. The van der Waals surface area contributed by atoms with E-state index in [9.17, 15) is 22.8 Å². The first-order valence-electron chi connectivity index (χ1n) is 10.2. The van der Waals surface area contributed by atoms with Gasteiger partial charge < -0.3 is 5.32 Å². The van der Waals surface area contributed by atoms with E-state index in [0.29, 0.717) is 24.0 Å². The van der Waals surface area contributed by atoms with E-state index in [1.807, 2.05) is 5.32 Å². The Kier molecular flexibility index (Phi) is 5.33. The Bertz CT molecular complexity index is 1030. The molecular formula is C23H22F3N3O2. The van der Waals surface area contributed by atoms with E-state index >= 15 is 0 Å². The lowest BCUT2D eigenvalue weighted by atomic mass is 10.0. The van der Waals surface area contributed by atoms with Crippen LogP contribution in [0.2, 0.25) is 0 Å². The third kappa shape index (κ3) is 3.60. The van der Waals surface area contributed by atoms with Gasteiger partial charge in [-0.05, 0) is 31.4 Å². The molecule has 2 aliphatic rings. The predicted molar refractivity (Wildman–Crippen MR) is 110 cm³/mol. The normalized spacial score (nSPS) is 22.0. The second-order valence-corrected chi connectivity index (χ2v) is 7.89. The van der Waals surface area contributed by atoms with Crippen LogP contribution < -0.4 is 5.32 Å². The van der Waals surface area contributed by atoms with Crippen LogP contribution in [0, 0.1) is 6.92 Å². The highest BCUT2D eigenvalue weighted by Crippen LogP contribution is 2.41. The van der Waals surface area contributed by atoms with Gasteiger partial charge in [-0.15, -0.1) is 0 Å². The summed E-state index contributed by atoms with van der Waals surface area (Å²) in [6, 6.07) is 14.2. The van der Waals surface area contributed by atoms with Gasteiger partial charge in [0.1, 0.15) is 5.84 Å². The van der Waals surface area contributed by atoms with E-state index in [2.05, 4.69) is 4.99 Å². The Morgan fingerprint density at radius 3 is 2.29 bits per heavy atom. The van der Waals surface area contributed by atoms with Gasteiger partial charge in [0.25, 0.3) is 11.8 Å². The number of rotatable bonds is 4. The van der Waals surface area contributed by atoms with Crippen molar-refractivity contribution in [2.24, 2.45) is 4.99 Å². The number of halogens is 3. The highest BCUT2D eigenvalue weighted by atomic mass is 19.4. The maximum Gasteiger partial charge on any atom is 0.442 e. The summed E-state index contributed by atoms with van der Waals surface area (Å²) in [6.07, 6.45) is -2.28. The van der Waals surface area contributed by atoms with E-state index < -0.39 is 23.7 Å². The number of aliphatic imine (C=N–C) groups is 1. The number of hydrogen-bond acceptors (Lipinski definition) is 3. The molecule has 0 radical (unpaired) electrons. The second kappa shape index (κ2) is 7.83. The Morgan fingerprint density at radius 2 is 1.68 bits per heavy atom. The molecule has 1 N–H and O–H groups in total. The Hall–Kier alpha value is -3.16. The number of hydrogen-bond donors (Lipinski definition) is 1. The van der Waals surface area contributed by atoms with Crippen molar-refractivity contribution in [1.82, 2.24) is 10.2 Å². The fraction of sp³-hybridized carbons (Fsp3) is 0.348. The number of amides is 2. The summed E-state index contributed by atoms with van der Waals surface area (Å²) in [6.45, 7) is 1.62. The molecule has 0 aromatic heterocycles. The van der Waals surface area contributed by atoms with E-state index in [-0.39, 0.29) is 17.4 Å². The lowest BCUT2D eigenvalue weighted by Crippen LogP contribution is -2.64. The number of nitrogens with one attached hydrogen (secondary N) is 1. The summed E-state index contributed by atoms with van der Waals surface area (Å²) in [5.41, 5.74) is -2.39. The third-order valence-electron chi connectivity index (χ3n) is 5.85. The first kappa shape index (κ1) is 21.1. The molecule has 1 atom stereocenters. The topological polar surface area (TPSA) is 61.8 Å². The minimum Gasteiger partial charge on any atom is -0.312 e. The molecule has 0 saturated heterocycles. The van der Waals surface area contributed by atoms with Gasteiger partial charge in [0.05, 0.1) is 0 Å². The van der Waals surface area contributed by atoms with Crippen molar-refractivity contribution >= 4 is 17.6 Å². The Morgan fingerprint density at radius 1 is 1.06 bits per heavy atom. The van der Waals surface area contributed by atoms with Gasteiger partial charge in [-0.1, -0.05) is 61.4 Å². The number of nitrogens with zero attached hydrogens (tertiary/aromatic N) is 2. The molecule has 31 heavy (non-hydrogen) atoms. The van der Waals surface area contributed by atoms with Crippen molar-refractivity contribution in [2.45, 2.75) is 50.5 Å². The molecule has 1 aliphatic carbocycles. The minimum atomic E-state index is -5.12. The maximum atomic E-state index is 14.4. The third-order valence-corrected chi connectivity index (χ3v) is 5.85. The number of aryl methyl sites for hydroxylation is 1. The molecule has 0 unspecified atom stereocenters. The SMILES string of the molecule is Cc1ccccc1C(=O)N[C@@]1(C(F)(F)F)N=C(c2ccccc2)N(C2CCCC2)C1=O. The molecule has 162 valence electrons. The summed E-state index contributed by atoms with van der Waals surface area (Å²) in [4.78, 5) is 31.3. The molecule has 2 aromatic carbocycles. The van der Waals surface area contributed by atoms with Crippen molar-refractivity contribution in [3.05, 3.63) is 71.3 Å². The molecule has 1 heterocycles. The molecule has 8 heteroatoms. The minimum absolute atomic E-state index is 0.0556. The number of carbonyl (C=O) groups is 2. The van der Waals surface area contributed by atoms with Crippen LogP contribution in [-0.2, 0) is 4.79 Å². The molecule has 2 amide bonds. The van der Waals surface area contributed by atoms with Gasteiger partial charge in [0, 0.05) is 17.2 Å². The highest BCUT2D eigenvalue weighted by Gasteiger charge is 2.68. The fourth-order valence-corrected chi connectivity index (χ4v) is 4.22. The monoisotopic (exact) mass is 429 g/mol. The van der Waals surface area contributed by atoms with Crippen LogP contribution in [0.4, 0.5) is 13.2 Å². The predicted octanol–water partition coefficient (Wildman–Crippen LogP) is 4.22. The molecule has 2 aromatic rings. The van der Waals surface area contributed by atoms with Gasteiger partial charge in [-0.25, -0.2) is 4.99 Å². The average Bonchev–Trinajstić information content (AvgIpc) is 3.35. The molecule has 0 bridgehead atoms. The van der Waals surface area contributed by atoms with Gasteiger partial charge in [-0.2, -0.15) is 13.2 Å². The van der Waals surface area contributed by atoms with Crippen molar-refractivity contribution in [1.29, 1.82) is 0 Å². The quantitative estimate of drug-likeness (QED) is 0.791. The van der Waals surface area contributed by atoms with E-state index in [1.165, 1.54) is 6.07 Å². The van der Waals surface area contributed by atoms with E-state index in [4.69, 9.17) is 0 Å². The van der Waals surface area contributed by atoms with Crippen molar-refractivity contribution < 1.29 is 22.8 Å². The summed E-state index contributed by atoms with van der Waals surface area (Å²) in [5.74, 6) is -2.30. The lowest BCUT2D eigenvalue weighted by molar-refractivity contribution is -0.196. The second-order valence-electron chi connectivity index (χ2n) is 7.89. The van der Waals surface area contributed by atoms with Crippen LogP contribution in [0.25, 0.3) is 0 Å². The maximum absolute atomic E-state index is 14.4. The molecule has 0 spiro atoms. The van der Waals surface area contributed by atoms with Gasteiger partial charge in [0.15, 0.2) is 0 Å². The van der Waals surface area contributed by atoms with Crippen LogP contribution in [-0.4, -0.2) is 40.4 Å². The van der Waals surface area contributed by atoms with Crippen LogP contribution in [0.1, 0.15) is 47.2 Å². The van der Waals surface area contributed by atoms with Crippen molar-refractivity contribution in [2.75, 3.05) is 0 Å².